The fourth-order valence-electron chi connectivity index (χ4n) is 4.20. The van der Waals surface area contributed by atoms with Crippen molar-refractivity contribution < 1.29 is 14.3 Å². The van der Waals surface area contributed by atoms with Gasteiger partial charge in [0.2, 0.25) is 0 Å². The van der Waals surface area contributed by atoms with Gasteiger partial charge in [0.25, 0.3) is 11.9 Å². The van der Waals surface area contributed by atoms with E-state index in [9.17, 15) is 4.79 Å². The summed E-state index contributed by atoms with van der Waals surface area (Å²) in [4.78, 5) is 24.9. The number of benzene rings is 1. The number of hydrogen-bond donors (Lipinski definition) is 1. The standard InChI is InChI=1S/C26H27N5O3S/c1-15-11-20(16(2)35-15)22-9-10-27-26(30-22)31-24(17-5-6-17)21(14-29-31)25(32)28-13-18-7-8-19(33-3)12-23(18)34-4/h7-12,14,17H,5-6,13H2,1-4H3,(H,28,32). The summed E-state index contributed by atoms with van der Waals surface area (Å²) < 4.78 is 12.4. The van der Waals surface area contributed by atoms with Gasteiger partial charge in [0.1, 0.15) is 11.5 Å². The van der Waals surface area contributed by atoms with Crippen LogP contribution in [0.3, 0.4) is 0 Å². The molecule has 1 amide bonds. The van der Waals surface area contributed by atoms with Crippen LogP contribution in [0.25, 0.3) is 17.2 Å². The maximum atomic E-state index is 13.2. The normalized spacial score (nSPS) is 13.0. The van der Waals surface area contributed by atoms with Crippen LogP contribution < -0.4 is 14.8 Å². The summed E-state index contributed by atoms with van der Waals surface area (Å²) in [5.41, 5.74) is 4.23. The van der Waals surface area contributed by atoms with Gasteiger partial charge < -0.3 is 14.8 Å². The molecule has 0 saturated heterocycles. The van der Waals surface area contributed by atoms with Gasteiger partial charge in [-0.3, -0.25) is 4.79 Å². The number of aromatic nitrogens is 4. The van der Waals surface area contributed by atoms with Crippen LogP contribution in [0.1, 0.15) is 50.1 Å². The van der Waals surface area contributed by atoms with E-state index < -0.39 is 0 Å². The molecular weight excluding hydrogens is 462 g/mol. The summed E-state index contributed by atoms with van der Waals surface area (Å²) in [7, 11) is 3.21. The van der Waals surface area contributed by atoms with Crippen LogP contribution in [0.15, 0.2) is 42.7 Å². The van der Waals surface area contributed by atoms with E-state index in [-0.39, 0.29) is 11.8 Å². The molecule has 35 heavy (non-hydrogen) atoms. The Balaban J connectivity index is 1.42. The summed E-state index contributed by atoms with van der Waals surface area (Å²) in [6.45, 7) is 4.51. The van der Waals surface area contributed by atoms with Gasteiger partial charge in [0.05, 0.1) is 37.4 Å². The Morgan fingerprint density at radius 1 is 1.17 bits per heavy atom. The quantitative estimate of drug-likeness (QED) is 0.381. The first-order valence-corrected chi connectivity index (χ1v) is 12.3. The molecule has 180 valence electrons. The largest absolute Gasteiger partial charge is 0.497 e. The second-order valence-electron chi connectivity index (χ2n) is 8.56. The number of nitrogens with zero attached hydrogens (tertiary/aromatic N) is 4. The molecule has 5 rings (SSSR count). The summed E-state index contributed by atoms with van der Waals surface area (Å²) in [6.07, 6.45) is 5.39. The van der Waals surface area contributed by atoms with Crippen molar-refractivity contribution in [2.45, 2.75) is 39.2 Å². The fraction of sp³-hybridized carbons (Fsp3) is 0.308. The first-order chi connectivity index (χ1) is 17.0. The molecular formula is C26H27N5O3S. The summed E-state index contributed by atoms with van der Waals surface area (Å²) >= 11 is 1.75. The Labute approximate surface area is 208 Å². The van der Waals surface area contributed by atoms with Crippen molar-refractivity contribution in [2.24, 2.45) is 0 Å². The Hall–Kier alpha value is -3.72. The van der Waals surface area contributed by atoms with Crippen molar-refractivity contribution in [3.63, 3.8) is 0 Å². The van der Waals surface area contributed by atoms with E-state index in [0.717, 1.165) is 35.4 Å². The van der Waals surface area contributed by atoms with Gasteiger partial charge in [0, 0.05) is 45.6 Å². The molecule has 0 aliphatic heterocycles. The third-order valence-corrected chi connectivity index (χ3v) is 7.06. The van der Waals surface area contributed by atoms with Gasteiger partial charge in [-0.05, 0) is 51.0 Å². The van der Waals surface area contributed by atoms with Gasteiger partial charge in [-0.15, -0.1) is 11.3 Å². The lowest BCUT2D eigenvalue weighted by Crippen LogP contribution is -2.24. The van der Waals surface area contributed by atoms with Gasteiger partial charge >= 0.3 is 0 Å². The second kappa shape index (κ2) is 9.50. The molecule has 1 aromatic carbocycles. The number of nitrogens with one attached hydrogen (secondary N) is 1. The first kappa shape index (κ1) is 23.0. The van der Waals surface area contributed by atoms with Crippen molar-refractivity contribution in [2.75, 3.05) is 14.2 Å². The third-order valence-electron chi connectivity index (χ3n) is 6.10. The van der Waals surface area contributed by atoms with Gasteiger partial charge in [-0.25, -0.2) is 14.6 Å². The molecule has 4 aromatic rings. The minimum Gasteiger partial charge on any atom is -0.497 e. The molecule has 0 unspecified atom stereocenters. The highest BCUT2D eigenvalue weighted by molar-refractivity contribution is 7.12. The highest BCUT2D eigenvalue weighted by Crippen LogP contribution is 2.42. The summed E-state index contributed by atoms with van der Waals surface area (Å²) in [5.74, 6) is 1.92. The van der Waals surface area contributed by atoms with Crippen molar-refractivity contribution in [1.29, 1.82) is 0 Å². The van der Waals surface area contributed by atoms with Crippen LogP contribution in [-0.2, 0) is 6.54 Å². The number of amides is 1. The van der Waals surface area contributed by atoms with Gasteiger partial charge in [0.15, 0.2) is 0 Å². The van der Waals surface area contributed by atoms with Gasteiger partial charge in [-0.2, -0.15) is 5.10 Å². The van der Waals surface area contributed by atoms with Crippen LogP contribution in [0, 0.1) is 13.8 Å². The molecule has 1 aliphatic rings. The van der Waals surface area contributed by atoms with E-state index >= 15 is 0 Å². The SMILES string of the molecule is COc1ccc(CNC(=O)c2cnn(-c3nccc(-c4cc(C)sc4C)n3)c2C2CC2)c(OC)c1. The minimum absolute atomic E-state index is 0.184. The number of aryl methyl sites for hydroxylation is 2. The lowest BCUT2D eigenvalue weighted by molar-refractivity contribution is 0.0949. The molecule has 8 nitrogen and oxygen atoms in total. The Morgan fingerprint density at radius 2 is 2.00 bits per heavy atom. The highest BCUT2D eigenvalue weighted by Gasteiger charge is 2.33. The predicted octanol–water partition coefficient (Wildman–Crippen LogP) is 4.83. The number of methoxy groups -OCH3 is 2. The smallest absolute Gasteiger partial charge is 0.255 e. The van der Waals surface area contributed by atoms with Crippen LogP contribution in [0.2, 0.25) is 0 Å². The molecule has 0 atom stereocenters. The topological polar surface area (TPSA) is 91.2 Å². The number of thiophene rings is 1. The average molecular weight is 490 g/mol. The number of rotatable bonds is 8. The van der Waals surface area contributed by atoms with E-state index in [4.69, 9.17) is 14.5 Å². The van der Waals surface area contributed by atoms with Crippen LogP contribution in [0.5, 0.6) is 11.5 Å². The predicted molar refractivity (Wildman–Crippen MR) is 135 cm³/mol. The van der Waals surface area contributed by atoms with Crippen molar-refractivity contribution in [3.05, 3.63) is 69.3 Å². The van der Waals surface area contributed by atoms with Crippen molar-refractivity contribution in [1.82, 2.24) is 25.1 Å². The Bertz CT molecular complexity index is 1390. The van der Waals surface area contributed by atoms with E-state index in [0.29, 0.717) is 29.6 Å². The van der Waals surface area contributed by atoms with Gasteiger partial charge in [-0.1, -0.05) is 0 Å². The monoisotopic (exact) mass is 489 g/mol. The highest BCUT2D eigenvalue weighted by atomic mass is 32.1. The molecule has 1 saturated carbocycles. The van der Waals surface area contributed by atoms with E-state index in [1.54, 1.807) is 48.7 Å². The molecule has 1 N–H and O–H groups in total. The van der Waals surface area contributed by atoms with Crippen LogP contribution in [0.4, 0.5) is 0 Å². The Kier molecular flexibility index (Phi) is 6.25. The lowest BCUT2D eigenvalue weighted by atomic mass is 10.1. The summed E-state index contributed by atoms with van der Waals surface area (Å²) in [5, 5.41) is 7.54. The van der Waals surface area contributed by atoms with E-state index in [2.05, 4.69) is 35.3 Å². The van der Waals surface area contributed by atoms with Crippen molar-refractivity contribution >= 4 is 17.2 Å². The summed E-state index contributed by atoms with van der Waals surface area (Å²) in [6, 6.07) is 9.59. The minimum atomic E-state index is -0.184. The molecule has 0 spiro atoms. The van der Waals surface area contributed by atoms with Crippen LogP contribution in [-0.4, -0.2) is 39.9 Å². The average Bonchev–Trinajstić information content (AvgIpc) is 3.52. The number of carbonyl (C=O) groups excluding carboxylic acids is 1. The Morgan fingerprint density at radius 3 is 2.69 bits per heavy atom. The number of hydrogen-bond acceptors (Lipinski definition) is 7. The van der Waals surface area contributed by atoms with Crippen molar-refractivity contribution in [3.8, 4) is 28.7 Å². The first-order valence-electron chi connectivity index (χ1n) is 11.5. The maximum absolute atomic E-state index is 13.2. The molecule has 1 fully saturated rings. The fourth-order valence-corrected chi connectivity index (χ4v) is 5.13. The molecule has 3 heterocycles. The molecule has 0 radical (unpaired) electrons. The molecule has 9 heteroatoms. The van der Waals surface area contributed by atoms with E-state index in [1.807, 2.05) is 18.2 Å². The second-order valence-corrected chi connectivity index (χ2v) is 10.0. The zero-order valence-corrected chi connectivity index (χ0v) is 21.0. The third kappa shape index (κ3) is 4.64. The maximum Gasteiger partial charge on any atom is 0.255 e. The number of ether oxygens (including phenoxy) is 2. The molecule has 3 aromatic heterocycles. The molecule has 1 aliphatic carbocycles. The number of carbonyl (C=O) groups is 1. The van der Waals surface area contributed by atoms with Crippen LogP contribution >= 0.6 is 11.3 Å². The lowest BCUT2D eigenvalue weighted by Gasteiger charge is -2.12. The molecule has 0 bridgehead atoms. The van der Waals surface area contributed by atoms with E-state index in [1.165, 1.54) is 9.75 Å². The zero-order valence-electron chi connectivity index (χ0n) is 20.2. The zero-order chi connectivity index (χ0) is 24.5.